The van der Waals surface area contributed by atoms with E-state index in [-0.39, 0.29) is 5.75 Å². The zero-order valence-corrected chi connectivity index (χ0v) is 15.4. The highest BCUT2D eigenvalue weighted by Gasteiger charge is 2.49. The lowest BCUT2D eigenvalue weighted by molar-refractivity contribution is 0.250. The summed E-state index contributed by atoms with van der Waals surface area (Å²) in [6.07, 6.45) is 2.51. The molecule has 3 heterocycles. The van der Waals surface area contributed by atoms with Crippen molar-refractivity contribution in [3.8, 4) is 5.75 Å². The summed E-state index contributed by atoms with van der Waals surface area (Å²) in [5, 5.41) is 14.6. The number of benzene rings is 2. The van der Waals surface area contributed by atoms with Gasteiger partial charge in [-0.05, 0) is 37.1 Å². The van der Waals surface area contributed by atoms with Gasteiger partial charge < -0.3 is 10.4 Å². The van der Waals surface area contributed by atoms with Crippen molar-refractivity contribution in [2.24, 2.45) is 0 Å². The van der Waals surface area contributed by atoms with Crippen LogP contribution in [0.2, 0.25) is 0 Å². The second-order valence-electron chi connectivity index (χ2n) is 8.01. The molecule has 2 saturated heterocycles. The van der Waals surface area contributed by atoms with Crippen LogP contribution in [0.15, 0.2) is 60.7 Å². The number of nitrogens with one attached hydrogen (secondary N) is 1. The first kappa shape index (κ1) is 16.7. The fraction of sp³-hybridized carbons (Fsp3) is 0.348. The molecule has 2 bridgehead atoms. The maximum absolute atomic E-state index is 10.0. The number of fused-ring (bicyclic) bond motifs is 3. The lowest BCUT2D eigenvalue weighted by Crippen LogP contribution is -2.39. The van der Waals surface area contributed by atoms with E-state index in [9.17, 15) is 5.11 Å². The summed E-state index contributed by atoms with van der Waals surface area (Å²) in [4.78, 5) is 7.26. The Kier molecular flexibility index (Phi) is 4.10. The SMILES string of the molecule is Oc1cccc2ccc(CNCC3CC4(c5ccccc5)CCN3C4)nc12. The Morgan fingerprint density at radius 2 is 1.96 bits per heavy atom. The summed E-state index contributed by atoms with van der Waals surface area (Å²) in [6.45, 7) is 4.09. The smallest absolute Gasteiger partial charge is 0.141 e. The van der Waals surface area contributed by atoms with Crippen LogP contribution < -0.4 is 5.32 Å². The number of phenols is 1. The van der Waals surface area contributed by atoms with E-state index in [1.807, 2.05) is 24.3 Å². The number of aromatic nitrogens is 1. The predicted octanol–water partition coefficient (Wildman–Crippen LogP) is 3.45. The largest absolute Gasteiger partial charge is 0.506 e. The lowest BCUT2D eigenvalue weighted by atomic mass is 9.76. The number of rotatable bonds is 5. The third-order valence-corrected chi connectivity index (χ3v) is 6.35. The molecule has 0 saturated carbocycles. The number of nitrogens with zero attached hydrogens (tertiary/aromatic N) is 2. The first-order valence-corrected chi connectivity index (χ1v) is 9.81. The van der Waals surface area contributed by atoms with Gasteiger partial charge in [-0.25, -0.2) is 4.98 Å². The molecule has 2 aliphatic rings. The summed E-state index contributed by atoms with van der Waals surface area (Å²) in [5.74, 6) is 0.248. The lowest BCUT2D eigenvalue weighted by Gasteiger charge is -2.30. The molecule has 3 atom stereocenters. The van der Waals surface area contributed by atoms with Gasteiger partial charge in [0.05, 0.1) is 5.69 Å². The predicted molar refractivity (Wildman–Crippen MR) is 108 cm³/mol. The number of phenolic OH excluding ortho intramolecular Hbond substituents is 1. The highest BCUT2D eigenvalue weighted by atomic mass is 16.3. The summed E-state index contributed by atoms with van der Waals surface area (Å²) in [7, 11) is 0. The molecule has 4 nitrogen and oxygen atoms in total. The van der Waals surface area contributed by atoms with Gasteiger partial charge in [0, 0.05) is 36.5 Å². The fourth-order valence-corrected chi connectivity index (χ4v) is 4.95. The van der Waals surface area contributed by atoms with Crippen molar-refractivity contribution in [2.75, 3.05) is 19.6 Å². The van der Waals surface area contributed by atoms with Crippen LogP contribution in [0.1, 0.15) is 24.1 Å². The van der Waals surface area contributed by atoms with Gasteiger partial charge >= 0.3 is 0 Å². The van der Waals surface area contributed by atoms with Crippen molar-refractivity contribution < 1.29 is 5.11 Å². The minimum Gasteiger partial charge on any atom is -0.506 e. The van der Waals surface area contributed by atoms with Crippen LogP contribution >= 0.6 is 0 Å². The summed E-state index contributed by atoms with van der Waals surface area (Å²) < 4.78 is 0. The molecule has 1 aromatic heterocycles. The Morgan fingerprint density at radius 3 is 2.85 bits per heavy atom. The number of hydrogen-bond acceptors (Lipinski definition) is 4. The molecule has 4 heteroatoms. The van der Waals surface area contributed by atoms with E-state index < -0.39 is 0 Å². The quantitative estimate of drug-likeness (QED) is 0.733. The molecule has 2 aliphatic heterocycles. The minimum absolute atomic E-state index is 0.248. The molecule has 2 aromatic carbocycles. The van der Waals surface area contributed by atoms with Gasteiger partial charge in [-0.2, -0.15) is 0 Å². The molecule has 5 rings (SSSR count). The highest BCUT2D eigenvalue weighted by molar-refractivity contribution is 5.84. The van der Waals surface area contributed by atoms with Crippen LogP contribution in [0.25, 0.3) is 10.9 Å². The third-order valence-electron chi connectivity index (χ3n) is 6.35. The van der Waals surface area contributed by atoms with E-state index in [0.717, 1.165) is 24.2 Å². The molecule has 138 valence electrons. The van der Waals surface area contributed by atoms with Gasteiger partial charge in [0.1, 0.15) is 11.3 Å². The van der Waals surface area contributed by atoms with Crippen LogP contribution in [0.4, 0.5) is 0 Å². The zero-order valence-electron chi connectivity index (χ0n) is 15.4. The minimum atomic E-state index is 0.248. The van der Waals surface area contributed by atoms with Crippen LogP contribution in [-0.4, -0.2) is 40.7 Å². The Labute approximate surface area is 159 Å². The summed E-state index contributed by atoms with van der Waals surface area (Å²) in [5.41, 5.74) is 3.51. The number of aromatic hydroxyl groups is 1. The van der Waals surface area contributed by atoms with Gasteiger partial charge in [-0.3, -0.25) is 4.90 Å². The molecule has 27 heavy (non-hydrogen) atoms. The fourth-order valence-electron chi connectivity index (χ4n) is 4.95. The maximum atomic E-state index is 10.0. The maximum Gasteiger partial charge on any atom is 0.141 e. The van der Waals surface area contributed by atoms with Gasteiger partial charge in [0.2, 0.25) is 0 Å². The molecule has 0 radical (unpaired) electrons. The van der Waals surface area contributed by atoms with Crippen LogP contribution in [-0.2, 0) is 12.0 Å². The van der Waals surface area contributed by atoms with Crippen molar-refractivity contribution in [2.45, 2.75) is 30.8 Å². The first-order chi connectivity index (χ1) is 13.2. The van der Waals surface area contributed by atoms with Crippen LogP contribution in [0, 0.1) is 0 Å². The van der Waals surface area contributed by atoms with Gasteiger partial charge in [-0.1, -0.05) is 48.5 Å². The Hall–Kier alpha value is -2.43. The molecule has 3 aromatic rings. The number of para-hydroxylation sites is 1. The molecular formula is C23H25N3O. The average molecular weight is 359 g/mol. The number of hydrogen-bond donors (Lipinski definition) is 2. The summed E-state index contributed by atoms with van der Waals surface area (Å²) in [6, 6.07) is 21.2. The second-order valence-corrected chi connectivity index (χ2v) is 8.01. The zero-order chi connectivity index (χ0) is 18.3. The first-order valence-electron chi connectivity index (χ1n) is 9.81. The topological polar surface area (TPSA) is 48.4 Å². The van der Waals surface area contributed by atoms with Gasteiger partial charge in [0.25, 0.3) is 0 Å². The van der Waals surface area contributed by atoms with Crippen LogP contribution in [0.5, 0.6) is 5.75 Å². The molecular weight excluding hydrogens is 334 g/mol. The van der Waals surface area contributed by atoms with Crippen molar-refractivity contribution in [3.63, 3.8) is 0 Å². The van der Waals surface area contributed by atoms with E-state index in [2.05, 4.69) is 45.5 Å². The van der Waals surface area contributed by atoms with Crippen molar-refractivity contribution in [1.82, 2.24) is 15.2 Å². The van der Waals surface area contributed by atoms with E-state index in [0.29, 0.717) is 17.0 Å². The molecule has 3 unspecified atom stereocenters. The van der Waals surface area contributed by atoms with E-state index in [4.69, 9.17) is 0 Å². The Morgan fingerprint density at radius 1 is 1.07 bits per heavy atom. The second kappa shape index (κ2) is 6.63. The van der Waals surface area contributed by atoms with Crippen molar-refractivity contribution in [3.05, 3.63) is 71.9 Å². The molecule has 0 aliphatic carbocycles. The van der Waals surface area contributed by atoms with E-state index >= 15 is 0 Å². The van der Waals surface area contributed by atoms with Gasteiger partial charge in [-0.15, -0.1) is 0 Å². The van der Waals surface area contributed by atoms with Gasteiger partial charge in [0.15, 0.2) is 0 Å². The molecule has 0 spiro atoms. The van der Waals surface area contributed by atoms with E-state index in [1.165, 1.54) is 31.5 Å². The number of pyridine rings is 1. The molecule has 0 amide bonds. The average Bonchev–Trinajstić information content (AvgIpc) is 3.29. The van der Waals surface area contributed by atoms with Crippen LogP contribution in [0.3, 0.4) is 0 Å². The standard InChI is InChI=1S/C23H25N3O/c27-21-8-4-5-17-9-10-19(25-22(17)21)14-24-15-20-13-23(11-12-26(20)16-23)18-6-2-1-3-7-18/h1-10,20,24,27H,11-16H2. The number of piperidine rings is 1. The molecule has 2 N–H and O–H groups in total. The Bertz CT molecular complexity index is 958. The molecule has 2 fully saturated rings. The van der Waals surface area contributed by atoms with Crippen molar-refractivity contribution >= 4 is 10.9 Å². The third kappa shape index (κ3) is 2.99. The normalized spacial score (nSPS) is 26.7. The van der Waals surface area contributed by atoms with Crippen molar-refractivity contribution in [1.29, 1.82) is 0 Å². The monoisotopic (exact) mass is 359 g/mol. The summed E-state index contributed by atoms with van der Waals surface area (Å²) >= 11 is 0. The highest BCUT2D eigenvalue weighted by Crippen LogP contribution is 2.46. The van der Waals surface area contributed by atoms with E-state index in [1.54, 1.807) is 6.07 Å². The Balaban J connectivity index is 1.24.